The van der Waals surface area contributed by atoms with Crippen molar-refractivity contribution in [3.63, 3.8) is 0 Å². The third-order valence-corrected chi connectivity index (χ3v) is 6.00. The van der Waals surface area contributed by atoms with E-state index in [0.717, 1.165) is 37.2 Å². The fourth-order valence-corrected chi connectivity index (χ4v) is 4.44. The second-order valence-electron chi connectivity index (χ2n) is 8.28. The SMILES string of the molecule is Cc1cnc(CN2CC3(CCCN(C(=O)c4ccc(O)cc4)C3)CCC2=O)cn1. The van der Waals surface area contributed by atoms with E-state index in [2.05, 4.69) is 9.97 Å². The monoisotopic (exact) mass is 394 g/mol. The van der Waals surface area contributed by atoms with E-state index in [4.69, 9.17) is 0 Å². The Kier molecular flexibility index (Phi) is 5.22. The number of carbonyl (C=O) groups is 2. The molecule has 152 valence electrons. The molecule has 29 heavy (non-hydrogen) atoms. The highest BCUT2D eigenvalue weighted by Crippen LogP contribution is 2.39. The smallest absolute Gasteiger partial charge is 0.253 e. The topological polar surface area (TPSA) is 86.6 Å². The van der Waals surface area contributed by atoms with Crippen LogP contribution in [0.4, 0.5) is 0 Å². The molecule has 2 fully saturated rings. The lowest BCUT2D eigenvalue weighted by Gasteiger charge is -2.48. The molecule has 1 atom stereocenters. The van der Waals surface area contributed by atoms with E-state index >= 15 is 0 Å². The number of aryl methyl sites for hydroxylation is 1. The van der Waals surface area contributed by atoms with Crippen molar-refractivity contribution in [2.75, 3.05) is 19.6 Å². The number of hydrogen-bond acceptors (Lipinski definition) is 5. The lowest BCUT2D eigenvalue weighted by molar-refractivity contribution is -0.139. The molecule has 2 saturated heterocycles. The van der Waals surface area contributed by atoms with Crippen LogP contribution in [0.3, 0.4) is 0 Å². The van der Waals surface area contributed by atoms with Crippen molar-refractivity contribution in [3.8, 4) is 5.75 Å². The molecule has 1 N–H and O–H groups in total. The van der Waals surface area contributed by atoms with Crippen molar-refractivity contribution >= 4 is 11.8 Å². The van der Waals surface area contributed by atoms with Gasteiger partial charge in [0.05, 0.1) is 24.1 Å². The van der Waals surface area contributed by atoms with Crippen LogP contribution in [0, 0.1) is 12.3 Å². The summed E-state index contributed by atoms with van der Waals surface area (Å²) in [6.07, 6.45) is 6.69. The van der Waals surface area contributed by atoms with Crippen LogP contribution in [0.15, 0.2) is 36.7 Å². The van der Waals surface area contributed by atoms with Crippen LogP contribution in [-0.4, -0.2) is 56.3 Å². The van der Waals surface area contributed by atoms with Crippen molar-refractivity contribution in [2.45, 2.75) is 39.2 Å². The molecule has 2 aliphatic rings. The molecule has 2 aromatic rings. The van der Waals surface area contributed by atoms with Crippen LogP contribution in [0.5, 0.6) is 5.75 Å². The number of piperidine rings is 2. The molecule has 7 heteroatoms. The lowest BCUT2D eigenvalue weighted by Crippen LogP contribution is -2.54. The molecule has 1 aromatic heterocycles. The highest BCUT2D eigenvalue weighted by atomic mass is 16.3. The number of nitrogens with zero attached hydrogens (tertiary/aromatic N) is 4. The number of carbonyl (C=O) groups excluding carboxylic acids is 2. The molecule has 0 aliphatic carbocycles. The van der Waals surface area contributed by atoms with Crippen molar-refractivity contribution < 1.29 is 14.7 Å². The van der Waals surface area contributed by atoms with E-state index in [1.165, 1.54) is 12.1 Å². The zero-order valence-corrected chi connectivity index (χ0v) is 16.7. The molecule has 4 rings (SSSR count). The molecular weight excluding hydrogens is 368 g/mol. The maximum Gasteiger partial charge on any atom is 0.253 e. The van der Waals surface area contributed by atoms with Crippen molar-refractivity contribution in [1.29, 1.82) is 0 Å². The minimum atomic E-state index is -0.0726. The second kappa shape index (κ2) is 7.81. The number of phenolic OH excluding ortho intramolecular Hbond substituents is 1. The van der Waals surface area contributed by atoms with Gasteiger partial charge in [-0.15, -0.1) is 0 Å². The van der Waals surface area contributed by atoms with Gasteiger partial charge in [0, 0.05) is 43.2 Å². The Hall–Kier alpha value is -2.96. The fraction of sp³-hybridized carbons (Fsp3) is 0.455. The van der Waals surface area contributed by atoms with Crippen LogP contribution in [0.1, 0.15) is 47.4 Å². The number of phenols is 1. The highest BCUT2D eigenvalue weighted by molar-refractivity contribution is 5.94. The minimum Gasteiger partial charge on any atom is -0.508 e. The number of aromatic hydroxyl groups is 1. The lowest BCUT2D eigenvalue weighted by atomic mass is 9.73. The van der Waals surface area contributed by atoms with Crippen LogP contribution < -0.4 is 0 Å². The number of likely N-dealkylation sites (tertiary alicyclic amines) is 2. The third kappa shape index (κ3) is 4.23. The molecule has 0 saturated carbocycles. The maximum atomic E-state index is 13.0. The van der Waals surface area contributed by atoms with Crippen LogP contribution in [-0.2, 0) is 11.3 Å². The Labute approximate surface area is 170 Å². The Morgan fingerprint density at radius 3 is 2.66 bits per heavy atom. The van der Waals surface area contributed by atoms with Crippen LogP contribution >= 0.6 is 0 Å². The number of amides is 2. The normalized spacial score (nSPS) is 22.2. The predicted molar refractivity (Wildman–Crippen MR) is 107 cm³/mol. The van der Waals surface area contributed by atoms with Crippen LogP contribution in [0.25, 0.3) is 0 Å². The van der Waals surface area contributed by atoms with E-state index in [1.54, 1.807) is 24.5 Å². The van der Waals surface area contributed by atoms with Gasteiger partial charge in [0.2, 0.25) is 5.91 Å². The van der Waals surface area contributed by atoms with Gasteiger partial charge < -0.3 is 14.9 Å². The van der Waals surface area contributed by atoms with Gasteiger partial charge in [0.15, 0.2) is 0 Å². The van der Waals surface area contributed by atoms with Crippen LogP contribution in [0.2, 0.25) is 0 Å². The first-order valence-corrected chi connectivity index (χ1v) is 10.1. The summed E-state index contributed by atoms with van der Waals surface area (Å²) in [5.74, 6) is 0.272. The Morgan fingerprint density at radius 2 is 1.93 bits per heavy atom. The number of rotatable bonds is 3. The molecule has 0 radical (unpaired) electrons. The van der Waals surface area contributed by atoms with Gasteiger partial charge in [-0.2, -0.15) is 0 Å². The number of hydrogen-bond donors (Lipinski definition) is 1. The first-order chi connectivity index (χ1) is 13.9. The zero-order chi connectivity index (χ0) is 20.4. The fourth-order valence-electron chi connectivity index (χ4n) is 4.44. The molecule has 2 amide bonds. The first kappa shape index (κ1) is 19.4. The third-order valence-electron chi connectivity index (χ3n) is 6.00. The average molecular weight is 394 g/mol. The van der Waals surface area contributed by atoms with Gasteiger partial charge in [-0.1, -0.05) is 0 Å². The summed E-state index contributed by atoms with van der Waals surface area (Å²) in [6, 6.07) is 6.39. The quantitative estimate of drug-likeness (QED) is 0.865. The Balaban J connectivity index is 1.47. The molecule has 0 bridgehead atoms. The maximum absolute atomic E-state index is 13.0. The van der Waals surface area contributed by atoms with E-state index in [1.807, 2.05) is 16.7 Å². The van der Waals surface area contributed by atoms with Crippen molar-refractivity contribution in [3.05, 3.63) is 53.6 Å². The summed E-state index contributed by atoms with van der Waals surface area (Å²) in [4.78, 5) is 37.9. The van der Waals surface area contributed by atoms with E-state index < -0.39 is 0 Å². The molecule has 1 unspecified atom stereocenters. The standard InChI is InChI=1S/C22H26N4O3/c1-16-11-24-18(12-23-16)13-26-15-22(9-7-20(26)28)8-2-10-25(14-22)21(29)17-3-5-19(27)6-4-17/h3-6,11-12,27H,2,7-10,13-15H2,1H3. The summed E-state index contributed by atoms with van der Waals surface area (Å²) in [5.41, 5.74) is 2.15. The van der Waals surface area contributed by atoms with Crippen molar-refractivity contribution in [2.24, 2.45) is 5.41 Å². The van der Waals surface area contributed by atoms with Gasteiger partial charge in [-0.25, -0.2) is 0 Å². The average Bonchev–Trinajstić information content (AvgIpc) is 2.73. The van der Waals surface area contributed by atoms with Crippen molar-refractivity contribution in [1.82, 2.24) is 19.8 Å². The predicted octanol–water partition coefficient (Wildman–Crippen LogP) is 2.54. The summed E-state index contributed by atoms with van der Waals surface area (Å²) >= 11 is 0. The highest BCUT2D eigenvalue weighted by Gasteiger charge is 2.42. The summed E-state index contributed by atoms with van der Waals surface area (Å²) in [6.45, 7) is 4.36. The van der Waals surface area contributed by atoms with Gasteiger partial charge in [-0.05, 0) is 50.5 Å². The molecule has 7 nitrogen and oxygen atoms in total. The van der Waals surface area contributed by atoms with Gasteiger partial charge >= 0.3 is 0 Å². The number of aromatic nitrogens is 2. The molecule has 1 aromatic carbocycles. The van der Waals surface area contributed by atoms with Gasteiger partial charge in [0.25, 0.3) is 5.91 Å². The van der Waals surface area contributed by atoms with E-state index in [-0.39, 0.29) is 23.0 Å². The molecular formula is C22H26N4O3. The van der Waals surface area contributed by atoms with Gasteiger partial charge in [-0.3, -0.25) is 19.6 Å². The zero-order valence-electron chi connectivity index (χ0n) is 16.7. The second-order valence-corrected chi connectivity index (χ2v) is 8.28. The summed E-state index contributed by atoms with van der Waals surface area (Å²) < 4.78 is 0. The molecule has 2 aliphatic heterocycles. The van der Waals surface area contributed by atoms with E-state index in [9.17, 15) is 14.7 Å². The number of benzene rings is 1. The Morgan fingerprint density at radius 1 is 1.14 bits per heavy atom. The Bertz CT molecular complexity index is 891. The summed E-state index contributed by atoms with van der Waals surface area (Å²) in [7, 11) is 0. The molecule has 1 spiro atoms. The molecule has 3 heterocycles. The summed E-state index contributed by atoms with van der Waals surface area (Å²) in [5, 5.41) is 9.47. The minimum absolute atomic E-state index is 0.0167. The van der Waals surface area contributed by atoms with E-state index in [0.29, 0.717) is 31.6 Å². The van der Waals surface area contributed by atoms with Gasteiger partial charge in [0.1, 0.15) is 5.75 Å². The largest absolute Gasteiger partial charge is 0.508 e. The first-order valence-electron chi connectivity index (χ1n) is 10.1.